The van der Waals surface area contributed by atoms with Crippen molar-refractivity contribution in [2.75, 3.05) is 0 Å². The van der Waals surface area contributed by atoms with Crippen LogP contribution in [0.2, 0.25) is 0 Å². The lowest BCUT2D eigenvalue weighted by Gasteiger charge is -2.52. The van der Waals surface area contributed by atoms with Gasteiger partial charge in [0.2, 0.25) is 0 Å². The minimum atomic E-state index is -1.78. The molecular formula is C22H17NO3S. The molecule has 1 N–H and O–H groups in total. The smallest absolute Gasteiger partial charge is 0.269 e. The second kappa shape index (κ2) is 6.68. The van der Waals surface area contributed by atoms with Crippen molar-refractivity contribution in [3.05, 3.63) is 102 Å². The highest BCUT2D eigenvalue weighted by Crippen LogP contribution is 2.50. The maximum absolute atomic E-state index is 13.0. The number of thiol groups is 1. The zero-order valence-electron chi connectivity index (χ0n) is 14.3. The Kier molecular flexibility index (Phi) is 4.34. The fraction of sp³-hybridized carbons (Fsp3) is 0.0909. The number of hydrogen-bond acceptors (Lipinski definition) is 4. The maximum Gasteiger partial charge on any atom is 0.269 e. The van der Waals surface area contributed by atoms with Crippen molar-refractivity contribution in [2.24, 2.45) is 0 Å². The molecule has 2 unspecified atom stereocenters. The van der Waals surface area contributed by atoms with E-state index in [9.17, 15) is 14.7 Å². The number of rotatable bonds is 3. The normalized spacial score (nSPS) is 21.6. The van der Waals surface area contributed by atoms with Crippen LogP contribution in [0.5, 0.6) is 0 Å². The van der Waals surface area contributed by atoms with Gasteiger partial charge < -0.3 is 5.11 Å². The van der Waals surface area contributed by atoms with Gasteiger partial charge in [-0.25, -0.2) is 0 Å². The Morgan fingerprint density at radius 1 is 0.889 bits per heavy atom. The first-order chi connectivity index (χ1) is 13.0. The van der Waals surface area contributed by atoms with Gasteiger partial charge in [0.15, 0.2) is 5.60 Å². The molecular weight excluding hydrogens is 358 g/mol. The van der Waals surface area contributed by atoms with Gasteiger partial charge in [0.05, 0.1) is 0 Å². The molecule has 27 heavy (non-hydrogen) atoms. The first-order valence-electron chi connectivity index (χ1n) is 8.53. The second-order valence-electron chi connectivity index (χ2n) is 6.47. The van der Waals surface area contributed by atoms with E-state index in [1.54, 1.807) is 48.5 Å². The van der Waals surface area contributed by atoms with Gasteiger partial charge >= 0.3 is 0 Å². The summed E-state index contributed by atoms with van der Waals surface area (Å²) >= 11 is 4.22. The first-order valence-corrected chi connectivity index (χ1v) is 8.98. The number of carbonyl (C=O) groups excluding carboxylic acids is 2. The van der Waals surface area contributed by atoms with E-state index in [1.165, 1.54) is 0 Å². The molecule has 1 aliphatic rings. The average molecular weight is 375 g/mol. The minimum Gasteiger partial charge on any atom is -0.373 e. The summed E-state index contributed by atoms with van der Waals surface area (Å²) in [4.78, 5) is 27.9. The van der Waals surface area contributed by atoms with Crippen molar-refractivity contribution in [3.63, 3.8) is 0 Å². The summed E-state index contributed by atoms with van der Waals surface area (Å²) in [6.07, 6.45) is 0. The van der Waals surface area contributed by atoms with Crippen molar-refractivity contribution >= 4 is 24.4 Å². The highest BCUT2D eigenvalue weighted by Gasteiger charge is 2.63. The number of imide groups is 1. The number of carbonyl (C=O) groups is 2. The number of hydrogen-bond donors (Lipinski definition) is 2. The number of likely N-dealkylation sites (tertiary alicyclic amines) is 1. The first kappa shape index (κ1) is 17.5. The van der Waals surface area contributed by atoms with Crippen molar-refractivity contribution in [2.45, 2.75) is 16.5 Å². The second-order valence-corrected chi connectivity index (χ2v) is 6.99. The fourth-order valence-corrected chi connectivity index (χ4v) is 3.64. The minimum absolute atomic E-state index is 0.372. The zero-order valence-corrected chi connectivity index (χ0v) is 15.2. The molecule has 4 rings (SSSR count). The summed E-state index contributed by atoms with van der Waals surface area (Å²) in [5.41, 5.74) is -0.236. The molecule has 0 saturated carbocycles. The van der Waals surface area contributed by atoms with Gasteiger partial charge in [-0.15, -0.1) is 12.6 Å². The van der Waals surface area contributed by atoms with Gasteiger partial charge in [-0.1, -0.05) is 60.7 Å². The predicted molar refractivity (Wildman–Crippen MR) is 104 cm³/mol. The molecule has 0 aliphatic carbocycles. The molecule has 1 fully saturated rings. The van der Waals surface area contributed by atoms with Crippen molar-refractivity contribution in [1.29, 1.82) is 0 Å². The molecule has 0 spiro atoms. The summed E-state index contributed by atoms with van der Waals surface area (Å²) in [5, 5.41) is 11.3. The highest BCUT2D eigenvalue weighted by atomic mass is 32.1. The van der Waals surface area contributed by atoms with Crippen LogP contribution in [-0.4, -0.2) is 21.8 Å². The van der Waals surface area contributed by atoms with Crippen molar-refractivity contribution < 1.29 is 14.7 Å². The van der Waals surface area contributed by atoms with Crippen LogP contribution >= 0.6 is 12.6 Å². The van der Waals surface area contributed by atoms with Crippen LogP contribution in [-0.2, 0) is 10.4 Å². The van der Waals surface area contributed by atoms with Gasteiger partial charge in [-0.3, -0.25) is 14.5 Å². The fourth-order valence-electron chi connectivity index (χ4n) is 3.49. The number of β-lactam (4-membered cyclic amide) rings is 1. The van der Waals surface area contributed by atoms with E-state index in [0.29, 0.717) is 16.7 Å². The molecule has 0 radical (unpaired) electrons. The Morgan fingerprint density at radius 3 is 2.04 bits per heavy atom. The van der Waals surface area contributed by atoms with Crippen LogP contribution < -0.4 is 0 Å². The van der Waals surface area contributed by atoms with Crippen molar-refractivity contribution in [1.82, 2.24) is 4.90 Å². The van der Waals surface area contributed by atoms with Crippen molar-refractivity contribution in [3.8, 4) is 0 Å². The number of aliphatic hydroxyl groups is 1. The molecule has 5 heteroatoms. The van der Waals surface area contributed by atoms with Crippen LogP contribution in [0.15, 0.2) is 89.8 Å². The monoisotopic (exact) mass is 375 g/mol. The lowest BCUT2D eigenvalue weighted by atomic mass is 9.73. The highest BCUT2D eigenvalue weighted by molar-refractivity contribution is 7.80. The van der Waals surface area contributed by atoms with Crippen LogP contribution in [0.1, 0.15) is 27.5 Å². The van der Waals surface area contributed by atoms with Gasteiger partial charge in [0, 0.05) is 10.5 Å². The summed E-state index contributed by atoms with van der Waals surface area (Å²) in [7, 11) is 0. The summed E-state index contributed by atoms with van der Waals surface area (Å²) < 4.78 is 0. The number of nitrogens with zero attached hydrogens (tertiary/aromatic N) is 1. The SMILES string of the molecule is O=C(c1ccc(S)cc1)N1C(=O)C(O)(c2ccccc2)C1c1ccccc1. The lowest BCUT2D eigenvalue weighted by Crippen LogP contribution is -2.67. The summed E-state index contributed by atoms with van der Waals surface area (Å²) in [6.45, 7) is 0. The van der Waals surface area contributed by atoms with Crippen LogP contribution in [0.4, 0.5) is 0 Å². The lowest BCUT2D eigenvalue weighted by molar-refractivity contribution is -0.187. The summed E-state index contributed by atoms with van der Waals surface area (Å²) in [6, 6.07) is 23.7. The van der Waals surface area contributed by atoms with E-state index in [1.807, 2.05) is 36.4 Å². The Morgan fingerprint density at radius 2 is 1.44 bits per heavy atom. The maximum atomic E-state index is 13.0. The standard InChI is InChI=1S/C22H17NO3S/c24-20(16-11-13-18(27)14-12-16)23-19(15-7-3-1-4-8-15)22(26,21(23)25)17-9-5-2-6-10-17/h1-14,19,26-27H. The third-order valence-corrected chi connectivity index (χ3v) is 5.16. The molecule has 4 nitrogen and oxygen atoms in total. The van der Waals surface area contributed by atoms with E-state index in [-0.39, 0.29) is 0 Å². The third-order valence-electron chi connectivity index (χ3n) is 4.86. The third kappa shape index (κ3) is 2.76. The Balaban J connectivity index is 1.79. The van der Waals surface area contributed by atoms with E-state index < -0.39 is 23.5 Å². The molecule has 0 bridgehead atoms. The Bertz CT molecular complexity index is 989. The summed E-state index contributed by atoms with van der Waals surface area (Å²) in [5.74, 6) is -1.06. The van der Waals surface area contributed by atoms with Gasteiger partial charge in [0.1, 0.15) is 6.04 Å². The molecule has 2 amide bonds. The van der Waals surface area contributed by atoms with Crippen LogP contribution in [0.3, 0.4) is 0 Å². The molecule has 1 heterocycles. The van der Waals surface area contributed by atoms with Gasteiger partial charge in [0.25, 0.3) is 11.8 Å². The molecule has 0 aromatic heterocycles. The van der Waals surface area contributed by atoms with Crippen LogP contribution in [0, 0.1) is 0 Å². The number of benzene rings is 3. The molecule has 1 aliphatic heterocycles. The van der Waals surface area contributed by atoms with E-state index in [4.69, 9.17) is 0 Å². The molecule has 1 saturated heterocycles. The zero-order chi connectivity index (χ0) is 19.0. The van der Waals surface area contributed by atoms with Gasteiger partial charge in [-0.05, 0) is 35.4 Å². The predicted octanol–water partition coefficient (Wildman–Crippen LogP) is 3.59. The molecule has 3 aromatic carbocycles. The largest absolute Gasteiger partial charge is 0.373 e. The molecule has 134 valence electrons. The average Bonchev–Trinajstić information content (AvgIpc) is 2.72. The molecule has 2 atom stereocenters. The van der Waals surface area contributed by atoms with E-state index in [0.717, 1.165) is 9.80 Å². The topological polar surface area (TPSA) is 57.6 Å². The Labute approximate surface area is 162 Å². The van der Waals surface area contributed by atoms with Crippen LogP contribution in [0.25, 0.3) is 0 Å². The quantitative estimate of drug-likeness (QED) is 0.418. The van der Waals surface area contributed by atoms with E-state index in [2.05, 4.69) is 12.6 Å². The van der Waals surface area contributed by atoms with Gasteiger partial charge in [-0.2, -0.15) is 0 Å². The van der Waals surface area contributed by atoms with E-state index >= 15 is 0 Å². The number of amides is 2. The molecule has 3 aromatic rings. The Hall–Kier alpha value is -2.89.